The van der Waals surface area contributed by atoms with Gasteiger partial charge in [-0.2, -0.15) is 13.2 Å². The standard InChI is InChI=1S/C12H20F3NO2/c1-8(9-5-3-2-4-6-9)16-7-10(11(17)18)12(13,14)15/h8-10,16H,2-7H2,1H3,(H,17,18). The van der Waals surface area contributed by atoms with Crippen LogP contribution in [0.25, 0.3) is 0 Å². The predicted octanol–water partition coefficient (Wildman–Crippen LogP) is 2.81. The van der Waals surface area contributed by atoms with E-state index in [9.17, 15) is 18.0 Å². The first-order valence-corrected chi connectivity index (χ1v) is 6.35. The molecule has 2 atom stereocenters. The van der Waals surface area contributed by atoms with Gasteiger partial charge in [0, 0.05) is 12.6 Å². The lowest BCUT2D eigenvalue weighted by Gasteiger charge is -2.29. The van der Waals surface area contributed by atoms with Crippen molar-refractivity contribution in [3.8, 4) is 0 Å². The summed E-state index contributed by atoms with van der Waals surface area (Å²) >= 11 is 0. The number of carboxylic acid groups (broad SMARTS) is 1. The Hall–Kier alpha value is -0.780. The summed E-state index contributed by atoms with van der Waals surface area (Å²) < 4.78 is 37.3. The molecule has 0 amide bonds. The molecule has 3 nitrogen and oxygen atoms in total. The van der Waals surface area contributed by atoms with Gasteiger partial charge in [0.25, 0.3) is 0 Å². The van der Waals surface area contributed by atoms with Crippen molar-refractivity contribution in [2.75, 3.05) is 6.54 Å². The summed E-state index contributed by atoms with van der Waals surface area (Å²) in [5.41, 5.74) is 0. The molecule has 1 aliphatic rings. The number of rotatable bonds is 5. The van der Waals surface area contributed by atoms with Crippen LogP contribution in [0, 0.1) is 11.8 Å². The number of alkyl halides is 3. The van der Waals surface area contributed by atoms with E-state index in [1.807, 2.05) is 6.92 Å². The molecule has 0 radical (unpaired) electrons. The zero-order chi connectivity index (χ0) is 13.8. The molecule has 1 rings (SSSR count). The van der Waals surface area contributed by atoms with Crippen LogP contribution in [0.4, 0.5) is 13.2 Å². The van der Waals surface area contributed by atoms with Gasteiger partial charge in [0.1, 0.15) is 0 Å². The molecule has 6 heteroatoms. The Morgan fingerprint density at radius 2 is 1.89 bits per heavy atom. The summed E-state index contributed by atoms with van der Waals surface area (Å²) in [5, 5.41) is 11.3. The molecule has 0 aliphatic heterocycles. The average Bonchev–Trinajstić information content (AvgIpc) is 2.28. The van der Waals surface area contributed by atoms with Gasteiger partial charge in [-0.15, -0.1) is 0 Å². The Balaban J connectivity index is 2.44. The molecule has 1 fully saturated rings. The van der Waals surface area contributed by atoms with Crippen molar-refractivity contribution in [2.24, 2.45) is 11.8 Å². The van der Waals surface area contributed by atoms with Gasteiger partial charge in [0.05, 0.1) is 0 Å². The lowest BCUT2D eigenvalue weighted by atomic mass is 9.84. The lowest BCUT2D eigenvalue weighted by molar-refractivity contribution is -0.192. The van der Waals surface area contributed by atoms with Gasteiger partial charge in [-0.3, -0.25) is 4.79 Å². The summed E-state index contributed by atoms with van der Waals surface area (Å²) in [6.45, 7) is 1.29. The van der Waals surface area contributed by atoms with E-state index in [0.29, 0.717) is 5.92 Å². The fourth-order valence-electron chi connectivity index (χ4n) is 2.45. The van der Waals surface area contributed by atoms with E-state index >= 15 is 0 Å². The van der Waals surface area contributed by atoms with Crippen LogP contribution in [-0.4, -0.2) is 29.8 Å². The lowest BCUT2D eigenvalue weighted by Crippen LogP contribution is -2.44. The van der Waals surface area contributed by atoms with Crippen molar-refractivity contribution in [2.45, 2.75) is 51.2 Å². The largest absolute Gasteiger partial charge is 0.481 e. The summed E-state index contributed by atoms with van der Waals surface area (Å²) in [6.07, 6.45) is 0.737. The monoisotopic (exact) mass is 267 g/mol. The van der Waals surface area contributed by atoms with E-state index in [1.54, 1.807) is 0 Å². The summed E-state index contributed by atoms with van der Waals surface area (Å²) in [4.78, 5) is 10.6. The normalized spacial score (nSPS) is 21.6. The molecule has 1 saturated carbocycles. The van der Waals surface area contributed by atoms with Crippen LogP contribution >= 0.6 is 0 Å². The zero-order valence-corrected chi connectivity index (χ0v) is 10.5. The quantitative estimate of drug-likeness (QED) is 0.805. The molecule has 0 heterocycles. The molecule has 0 aromatic heterocycles. The summed E-state index contributed by atoms with van der Waals surface area (Å²) in [7, 11) is 0. The van der Waals surface area contributed by atoms with Crippen LogP contribution in [0.5, 0.6) is 0 Å². The first-order valence-electron chi connectivity index (χ1n) is 6.35. The van der Waals surface area contributed by atoms with E-state index < -0.39 is 24.6 Å². The van der Waals surface area contributed by atoms with E-state index in [1.165, 1.54) is 6.42 Å². The van der Waals surface area contributed by atoms with Crippen molar-refractivity contribution < 1.29 is 23.1 Å². The Morgan fingerprint density at radius 1 is 1.33 bits per heavy atom. The molecule has 106 valence electrons. The molecule has 1 aliphatic carbocycles. The first kappa shape index (κ1) is 15.3. The molecule has 18 heavy (non-hydrogen) atoms. The van der Waals surface area contributed by atoms with E-state index in [0.717, 1.165) is 25.7 Å². The average molecular weight is 267 g/mol. The maximum Gasteiger partial charge on any atom is 0.403 e. The van der Waals surface area contributed by atoms with Gasteiger partial charge >= 0.3 is 12.1 Å². The zero-order valence-electron chi connectivity index (χ0n) is 10.5. The minimum Gasteiger partial charge on any atom is -0.481 e. The highest BCUT2D eigenvalue weighted by atomic mass is 19.4. The van der Waals surface area contributed by atoms with Crippen LogP contribution < -0.4 is 5.32 Å². The van der Waals surface area contributed by atoms with Gasteiger partial charge in [-0.25, -0.2) is 0 Å². The summed E-state index contributed by atoms with van der Waals surface area (Å²) in [6, 6.07) is -0.0606. The van der Waals surface area contributed by atoms with Gasteiger partial charge in [0.2, 0.25) is 0 Å². The van der Waals surface area contributed by atoms with Gasteiger partial charge < -0.3 is 10.4 Å². The van der Waals surface area contributed by atoms with Crippen molar-refractivity contribution in [3.05, 3.63) is 0 Å². The van der Waals surface area contributed by atoms with Gasteiger partial charge in [-0.05, 0) is 25.7 Å². The highest BCUT2D eigenvalue weighted by Gasteiger charge is 2.45. The molecule has 2 N–H and O–H groups in total. The SMILES string of the molecule is CC(NCC(C(=O)O)C(F)(F)F)C1CCCCC1. The predicted molar refractivity (Wildman–Crippen MR) is 61.2 cm³/mol. The minimum absolute atomic E-state index is 0.0606. The number of carbonyl (C=O) groups is 1. The van der Waals surface area contributed by atoms with Crippen molar-refractivity contribution >= 4 is 5.97 Å². The molecule has 0 aromatic carbocycles. The highest BCUT2D eigenvalue weighted by Crippen LogP contribution is 2.28. The number of halogens is 3. The Labute approximate surface area is 105 Å². The third-order valence-electron chi connectivity index (χ3n) is 3.69. The Kier molecular flexibility index (Phi) is 5.44. The molecule has 0 saturated heterocycles. The fourth-order valence-corrected chi connectivity index (χ4v) is 2.45. The minimum atomic E-state index is -4.69. The van der Waals surface area contributed by atoms with Crippen molar-refractivity contribution in [1.29, 1.82) is 0 Å². The second-order valence-electron chi connectivity index (χ2n) is 5.03. The third kappa shape index (κ3) is 4.48. The van der Waals surface area contributed by atoms with E-state index in [-0.39, 0.29) is 6.04 Å². The molecule has 2 unspecified atom stereocenters. The Morgan fingerprint density at radius 3 is 2.33 bits per heavy atom. The maximum atomic E-state index is 12.4. The summed E-state index contributed by atoms with van der Waals surface area (Å²) in [5.74, 6) is -3.77. The number of carboxylic acids is 1. The van der Waals surface area contributed by atoms with Crippen LogP contribution in [0.1, 0.15) is 39.0 Å². The number of hydrogen-bond acceptors (Lipinski definition) is 2. The molecule has 0 bridgehead atoms. The third-order valence-corrected chi connectivity index (χ3v) is 3.69. The first-order chi connectivity index (χ1) is 8.32. The van der Waals surface area contributed by atoms with Crippen LogP contribution in [0.3, 0.4) is 0 Å². The van der Waals surface area contributed by atoms with Gasteiger partial charge in [-0.1, -0.05) is 19.3 Å². The molecule has 0 aromatic rings. The smallest absolute Gasteiger partial charge is 0.403 e. The maximum absolute atomic E-state index is 12.4. The van der Waals surface area contributed by atoms with E-state index in [2.05, 4.69) is 5.32 Å². The highest BCUT2D eigenvalue weighted by molar-refractivity contribution is 5.71. The van der Waals surface area contributed by atoms with E-state index in [4.69, 9.17) is 5.11 Å². The van der Waals surface area contributed by atoms with Crippen molar-refractivity contribution in [3.63, 3.8) is 0 Å². The van der Waals surface area contributed by atoms with Crippen LogP contribution in [0.15, 0.2) is 0 Å². The van der Waals surface area contributed by atoms with Gasteiger partial charge in [0.15, 0.2) is 5.92 Å². The number of aliphatic carboxylic acids is 1. The second-order valence-corrected chi connectivity index (χ2v) is 5.03. The van der Waals surface area contributed by atoms with Crippen molar-refractivity contribution in [1.82, 2.24) is 5.32 Å². The number of hydrogen-bond donors (Lipinski definition) is 2. The molecular formula is C12H20F3NO2. The second kappa shape index (κ2) is 6.41. The number of nitrogens with one attached hydrogen (secondary N) is 1. The van der Waals surface area contributed by atoms with Crippen LogP contribution in [-0.2, 0) is 4.79 Å². The molecular weight excluding hydrogens is 247 g/mol. The van der Waals surface area contributed by atoms with Crippen LogP contribution in [0.2, 0.25) is 0 Å². The Bertz CT molecular complexity index is 275. The topological polar surface area (TPSA) is 49.3 Å². The fraction of sp³-hybridized carbons (Fsp3) is 0.917. The molecule has 0 spiro atoms.